The molecule has 0 saturated heterocycles. The van der Waals surface area contributed by atoms with Crippen LogP contribution in [0.5, 0.6) is 0 Å². The first-order chi connectivity index (χ1) is 11.1. The van der Waals surface area contributed by atoms with Crippen LogP contribution in [0.15, 0.2) is 58.3 Å². The summed E-state index contributed by atoms with van der Waals surface area (Å²) in [7, 11) is -9.73. The van der Waals surface area contributed by atoms with E-state index in [1.54, 1.807) is 13.8 Å². The van der Waals surface area contributed by atoms with Crippen LogP contribution in [-0.2, 0) is 19.7 Å². The first-order valence-electron chi connectivity index (χ1n) is 7.08. The Bertz CT molecular complexity index is 859. The van der Waals surface area contributed by atoms with Gasteiger partial charge in [0.2, 0.25) is 19.7 Å². The van der Waals surface area contributed by atoms with E-state index in [4.69, 9.17) is 5.73 Å². The maximum Gasteiger partial charge on any atom is 0.329 e. The number of benzene rings is 2. The molecule has 2 aromatic rings. The highest BCUT2D eigenvalue weighted by Gasteiger charge is 2.56. The molecule has 0 aliphatic heterocycles. The zero-order valence-corrected chi connectivity index (χ0v) is 14.9. The van der Waals surface area contributed by atoms with Gasteiger partial charge in [-0.25, -0.2) is 21.2 Å². The van der Waals surface area contributed by atoms with Gasteiger partial charge < -0.3 is 5.73 Å². The molecule has 0 aliphatic rings. The maximum atomic E-state index is 15.3. The molecule has 8 heteroatoms. The van der Waals surface area contributed by atoms with E-state index in [0.717, 1.165) is 11.1 Å². The number of halogens is 1. The summed E-state index contributed by atoms with van der Waals surface area (Å²) in [6.45, 7) is 2.25. The second kappa shape index (κ2) is 6.27. The molecule has 2 aromatic carbocycles. The largest absolute Gasteiger partial charge is 0.329 e. The fourth-order valence-corrected chi connectivity index (χ4v) is 6.02. The first kappa shape index (κ1) is 18.6. The van der Waals surface area contributed by atoms with Crippen LogP contribution < -0.4 is 5.73 Å². The van der Waals surface area contributed by atoms with Gasteiger partial charge in [-0.15, -0.1) is 0 Å². The van der Waals surface area contributed by atoms with Gasteiger partial charge in [0.15, 0.2) is 0 Å². The Kier molecular flexibility index (Phi) is 4.85. The zero-order valence-electron chi connectivity index (χ0n) is 13.2. The third-order valence-corrected chi connectivity index (χ3v) is 8.75. The van der Waals surface area contributed by atoms with Gasteiger partial charge in [-0.2, -0.15) is 0 Å². The lowest BCUT2D eigenvalue weighted by Gasteiger charge is -2.24. The van der Waals surface area contributed by atoms with Crippen LogP contribution >= 0.6 is 0 Å². The van der Waals surface area contributed by atoms with Crippen LogP contribution in [-0.4, -0.2) is 27.7 Å². The third kappa shape index (κ3) is 2.85. The van der Waals surface area contributed by atoms with Crippen molar-refractivity contribution < 1.29 is 21.2 Å². The molecule has 0 bridgehead atoms. The van der Waals surface area contributed by atoms with E-state index in [0.29, 0.717) is 0 Å². The van der Waals surface area contributed by atoms with Crippen molar-refractivity contribution in [2.75, 3.05) is 6.54 Å². The highest BCUT2D eigenvalue weighted by Crippen LogP contribution is 2.36. The standard InChI is InChI=1S/C16H18FNO4S2/c1-12-3-7-14(8-4-12)23(19,20)16(17,11-18)24(21,22)15-9-5-13(2)6-10-15/h3-10H,11,18H2,1-2H3. The third-order valence-electron chi connectivity index (χ3n) is 3.71. The normalized spacial score (nSPS) is 13.0. The Morgan fingerprint density at radius 2 is 1.08 bits per heavy atom. The van der Waals surface area contributed by atoms with Crippen LogP contribution in [0.25, 0.3) is 0 Å². The van der Waals surface area contributed by atoms with Gasteiger partial charge in [0.1, 0.15) is 0 Å². The molecule has 0 fully saturated rings. The molecule has 0 unspecified atom stereocenters. The fraction of sp³-hybridized carbons (Fsp3) is 0.250. The molecule has 0 spiro atoms. The molecule has 0 saturated carbocycles. The smallest absolute Gasteiger partial charge is 0.326 e. The monoisotopic (exact) mass is 371 g/mol. The minimum atomic E-state index is -4.86. The van der Waals surface area contributed by atoms with E-state index in [-0.39, 0.29) is 0 Å². The number of hydrogen-bond donors (Lipinski definition) is 1. The predicted molar refractivity (Wildman–Crippen MR) is 89.6 cm³/mol. The number of aryl methyl sites for hydroxylation is 2. The Morgan fingerprint density at radius 3 is 1.33 bits per heavy atom. The molecule has 0 aliphatic carbocycles. The Morgan fingerprint density at radius 1 is 0.792 bits per heavy atom. The van der Waals surface area contributed by atoms with E-state index in [1.165, 1.54) is 48.5 Å². The van der Waals surface area contributed by atoms with Crippen LogP contribution in [0.3, 0.4) is 0 Å². The van der Waals surface area contributed by atoms with E-state index in [2.05, 4.69) is 0 Å². The first-order valence-corrected chi connectivity index (χ1v) is 10.0. The van der Waals surface area contributed by atoms with Crippen molar-refractivity contribution in [2.45, 2.75) is 28.0 Å². The molecule has 0 heterocycles. The lowest BCUT2D eigenvalue weighted by Crippen LogP contribution is -2.48. The highest BCUT2D eigenvalue weighted by molar-refractivity contribution is 8.10. The highest BCUT2D eigenvalue weighted by atomic mass is 32.3. The van der Waals surface area contributed by atoms with Gasteiger partial charge in [0.25, 0.3) is 0 Å². The molecule has 0 amide bonds. The summed E-state index contributed by atoms with van der Waals surface area (Å²) in [6, 6.07) is 10.5. The van der Waals surface area contributed by atoms with E-state index < -0.39 is 40.3 Å². The molecular weight excluding hydrogens is 353 g/mol. The summed E-state index contributed by atoms with van der Waals surface area (Å²) in [5.41, 5.74) is 6.79. The Labute approximate surface area is 141 Å². The summed E-state index contributed by atoms with van der Waals surface area (Å²) < 4.78 is 62.3. The minimum absolute atomic E-state index is 0.434. The lowest BCUT2D eigenvalue weighted by atomic mass is 10.2. The van der Waals surface area contributed by atoms with Crippen LogP contribution in [0.2, 0.25) is 0 Å². The van der Waals surface area contributed by atoms with E-state index in [9.17, 15) is 16.8 Å². The number of alkyl halides is 1. The van der Waals surface area contributed by atoms with Crippen LogP contribution in [0.1, 0.15) is 11.1 Å². The molecule has 0 aromatic heterocycles. The average molecular weight is 371 g/mol. The molecular formula is C16H18FNO4S2. The van der Waals surface area contributed by atoms with Gasteiger partial charge >= 0.3 is 4.33 Å². The number of rotatable bonds is 5. The minimum Gasteiger partial charge on any atom is -0.326 e. The summed E-state index contributed by atoms with van der Waals surface area (Å²) in [6.07, 6.45) is 0. The topological polar surface area (TPSA) is 94.3 Å². The molecule has 2 rings (SSSR count). The van der Waals surface area contributed by atoms with Crippen LogP contribution in [0.4, 0.5) is 4.39 Å². The van der Waals surface area contributed by atoms with Crippen molar-refractivity contribution in [2.24, 2.45) is 5.73 Å². The molecule has 130 valence electrons. The lowest BCUT2D eigenvalue weighted by molar-refractivity contribution is 0.362. The van der Waals surface area contributed by atoms with Crippen molar-refractivity contribution in [3.05, 3.63) is 59.7 Å². The Hall–Kier alpha value is -1.77. The number of sulfone groups is 2. The van der Waals surface area contributed by atoms with Crippen LogP contribution in [0, 0.1) is 13.8 Å². The maximum absolute atomic E-state index is 15.3. The van der Waals surface area contributed by atoms with Gasteiger partial charge in [0.05, 0.1) is 16.3 Å². The molecule has 24 heavy (non-hydrogen) atoms. The van der Waals surface area contributed by atoms with E-state index >= 15 is 4.39 Å². The summed E-state index contributed by atoms with van der Waals surface area (Å²) in [5.74, 6) is 0. The Balaban J connectivity index is 2.66. The molecule has 0 radical (unpaired) electrons. The molecule has 2 N–H and O–H groups in total. The fourth-order valence-electron chi connectivity index (χ4n) is 2.15. The van der Waals surface area contributed by atoms with Gasteiger partial charge in [-0.1, -0.05) is 35.4 Å². The summed E-state index contributed by atoms with van der Waals surface area (Å²) in [5, 5.41) is 0. The average Bonchev–Trinajstić information content (AvgIpc) is 2.54. The van der Waals surface area contributed by atoms with Crippen molar-refractivity contribution in [3.63, 3.8) is 0 Å². The van der Waals surface area contributed by atoms with Crippen molar-refractivity contribution in [3.8, 4) is 0 Å². The summed E-state index contributed by atoms with van der Waals surface area (Å²) in [4.78, 5) is -0.867. The van der Waals surface area contributed by atoms with Gasteiger partial charge in [-0.3, -0.25) is 0 Å². The SMILES string of the molecule is Cc1ccc(S(=O)(=O)C(F)(CN)S(=O)(=O)c2ccc(C)cc2)cc1. The summed E-state index contributed by atoms with van der Waals surface area (Å²) >= 11 is 0. The zero-order chi connectivity index (χ0) is 18.2. The molecule has 5 nitrogen and oxygen atoms in total. The van der Waals surface area contributed by atoms with Crippen molar-refractivity contribution in [1.82, 2.24) is 0 Å². The van der Waals surface area contributed by atoms with E-state index in [1.807, 2.05) is 0 Å². The predicted octanol–water partition coefficient (Wildman–Crippen LogP) is 2.13. The quantitative estimate of drug-likeness (QED) is 0.869. The van der Waals surface area contributed by atoms with Crippen molar-refractivity contribution >= 4 is 19.7 Å². The molecule has 0 atom stereocenters. The number of hydrogen-bond acceptors (Lipinski definition) is 5. The van der Waals surface area contributed by atoms with Crippen molar-refractivity contribution in [1.29, 1.82) is 0 Å². The van der Waals surface area contributed by atoms with Gasteiger partial charge in [0, 0.05) is 0 Å². The second-order valence-corrected chi connectivity index (χ2v) is 10.0. The number of nitrogens with two attached hydrogens (primary N) is 1. The van der Waals surface area contributed by atoms with Gasteiger partial charge in [-0.05, 0) is 38.1 Å². The second-order valence-electron chi connectivity index (χ2n) is 5.50.